The zero-order chi connectivity index (χ0) is 41.3. The Balaban J connectivity index is 0.821. The van der Waals surface area contributed by atoms with Crippen LogP contribution in [0.25, 0.3) is 5.00 Å². The van der Waals surface area contributed by atoms with Gasteiger partial charge < -0.3 is 9.80 Å². The fourth-order valence-corrected chi connectivity index (χ4v) is 10.4. The maximum atomic E-state index is 15.5. The van der Waals surface area contributed by atoms with Crippen LogP contribution in [0.1, 0.15) is 92.1 Å². The number of fused-ring (bicyclic) bond motifs is 4. The smallest absolute Gasteiger partial charge is 0.262 e. The number of imide groups is 2. The lowest BCUT2D eigenvalue weighted by Crippen LogP contribution is -2.54. The number of halogens is 2. The number of aryl methyl sites for hydroxylation is 2. The largest absolute Gasteiger partial charge is 0.367 e. The molecule has 0 aliphatic carbocycles. The van der Waals surface area contributed by atoms with Crippen molar-refractivity contribution < 1.29 is 28.4 Å². The molecule has 0 saturated carbocycles. The minimum atomic E-state index is -1.11. The number of hydrogen-bond donors (Lipinski definition) is 1. The molecule has 5 aliphatic rings. The molecule has 1 unspecified atom stereocenters. The Labute approximate surface area is 349 Å². The molecule has 0 bridgehead atoms. The minimum absolute atomic E-state index is 0.0100. The molecule has 5 amide bonds. The van der Waals surface area contributed by atoms with Crippen molar-refractivity contribution in [3.05, 3.63) is 91.6 Å². The minimum Gasteiger partial charge on any atom is -0.367 e. The van der Waals surface area contributed by atoms with Crippen molar-refractivity contribution in [2.45, 2.75) is 65.0 Å². The first-order valence-corrected chi connectivity index (χ1v) is 21.2. The number of anilines is 1. The molecule has 17 heteroatoms. The summed E-state index contributed by atoms with van der Waals surface area (Å²) in [5.41, 5.74) is 4.14. The van der Waals surface area contributed by atoms with Crippen LogP contribution in [0.5, 0.6) is 0 Å². The summed E-state index contributed by atoms with van der Waals surface area (Å²) in [5.74, 6) is -1.33. The standard InChI is InChI=1S/C42H43ClFN9O5S/c1-22-23(2)59-42-36(22)37(26-4-6-27(43)7-5-26)45-31(38-48-47-24(3)52(38)42)20-35(55)51-12-10-25(11-13-51)21-49-14-16-50(17-15-49)33-19-29-28(18-30(33)44)40(57)53(41(29)58)32-8-9-34(54)46-39(32)56/h4-7,18-19,25,31-32H,8-17,20-21H2,1-3H3,(H,46,54,56)/t31-,32?/m0/s1. The van der Waals surface area contributed by atoms with Crippen molar-refractivity contribution in [1.82, 2.24) is 34.8 Å². The molecule has 2 atom stereocenters. The number of piperidine rings is 2. The lowest BCUT2D eigenvalue weighted by atomic mass is 9.95. The van der Waals surface area contributed by atoms with Crippen molar-refractivity contribution in [3.63, 3.8) is 0 Å². The van der Waals surface area contributed by atoms with E-state index < -0.39 is 41.5 Å². The summed E-state index contributed by atoms with van der Waals surface area (Å²) in [6.45, 7) is 10.7. The van der Waals surface area contributed by atoms with E-state index in [2.05, 4.69) is 38.8 Å². The molecule has 14 nitrogen and oxygen atoms in total. The number of nitrogens with one attached hydrogen (secondary N) is 1. The maximum absolute atomic E-state index is 15.5. The fourth-order valence-electron chi connectivity index (χ4n) is 9.05. The van der Waals surface area contributed by atoms with Gasteiger partial charge in [0.2, 0.25) is 17.7 Å². The van der Waals surface area contributed by atoms with Crippen LogP contribution in [0.3, 0.4) is 0 Å². The molecule has 5 aliphatic heterocycles. The molecule has 7 heterocycles. The van der Waals surface area contributed by atoms with E-state index >= 15 is 4.39 Å². The van der Waals surface area contributed by atoms with E-state index in [9.17, 15) is 24.0 Å². The predicted molar refractivity (Wildman–Crippen MR) is 219 cm³/mol. The third-order valence-electron chi connectivity index (χ3n) is 12.4. The highest BCUT2D eigenvalue weighted by Crippen LogP contribution is 2.40. The van der Waals surface area contributed by atoms with Gasteiger partial charge in [-0.05, 0) is 75.8 Å². The summed E-state index contributed by atoms with van der Waals surface area (Å²) in [5, 5.41) is 12.8. The van der Waals surface area contributed by atoms with Crippen LogP contribution in [0, 0.1) is 32.5 Å². The first kappa shape index (κ1) is 39.2. The average Bonchev–Trinajstić information content (AvgIpc) is 3.79. The third-order valence-corrected chi connectivity index (χ3v) is 13.9. The SMILES string of the molecule is Cc1sc2c(c1C)C(c1ccc(Cl)cc1)=N[C@@H](CC(=O)N1CCC(CN3CCN(c4cc5c(cc4F)C(=O)N(C4CCC(=O)NC4=O)C5=O)CC3)CC1)c1nnc(C)n1-2. The molecule has 9 rings (SSSR count). The van der Waals surface area contributed by atoms with Crippen LogP contribution in [0.4, 0.5) is 10.1 Å². The van der Waals surface area contributed by atoms with Crippen LogP contribution in [0.2, 0.25) is 5.02 Å². The number of piperazine rings is 1. The number of hydrogen-bond acceptors (Lipinski definition) is 11. The zero-order valence-corrected chi connectivity index (χ0v) is 34.5. The molecule has 3 saturated heterocycles. The number of rotatable bonds is 7. The molecule has 1 N–H and O–H groups in total. The summed E-state index contributed by atoms with van der Waals surface area (Å²) in [7, 11) is 0. The van der Waals surface area contributed by atoms with Gasteiger partial charge in [-0.1, -0.05) is 23.7 Å². The van der Waals surface area contributed by atoms with Gasteiger partial charge in [0.15, 0.2) is 5.82 Å². The molecule has 3 fully saturated rings. The van der Waals surface area contributed by atoms with Crippen molar-refractivity contribution in [2.24, 2.45) is 10.9 Å². The van der Waals surface area contributed by atoms with Gasteiger partial charge in [-0.15, -0.1) is 21.5 Å². The molecule has 0 radical (unpaired) electrons. The normalized spacial score (nSPS) is 21.3. The summed E-state index contributed by atoms with van der Waals surface area (Å²) < 4.78 is 17.6. The first-order chi connectivity index (χ1) is 28.4. The third kappa shape index (κ3) is 7.04. The highest BCUT2D eigenvalue weighted by atomic mass is 35.5. The number of aromatic nitrogens is 3. The van der Waals surface area contributed by atoms with E-state index in [4.69, 9.17) is 16.6 Å². The first-order valence-electron chi connectivity index (χ1n) is 20.0. The second kappa shape index (κ2) is 15.4. The fraction of sp³-hybridized carbons (Fsp3) is 0.429. The van der Waals surface area contributed by atoms with Crippen molar-refractivity contribution >= 4 is 63.9 Å². The Hall–Kier alpha value is -5.32. The zero-order valence-electron chi connectivity index (χ0n) is 33.0. The maximum Gasteiger partial charge on any atom is 0.262 e. The van der Waals surface area contributed by atoms with Gasteiger partial charge in [0.1, 0.15) is 28.7 Å². The highest BCUT2D eigenvalue weighted by Gasteiger charge is 2.45. The van der Waals surface area contributed by atoms with Gasteiger partial charge in [-0.25, -0.2) is 4.39 Å². The summed E-state index contributed by atoms with van der Waals surface area (Å²) in [6.07, 6.45) is 1.94. The Morgan fingerprint density at radius 2 is 1.61 bits per heavy atom. The molecule has 0 spiro atoms. The highest BCUT2D eigenvalue weighted by molar-refractivity contribution is 7.15. The van der Waals surface area contributed by atoms with Crippen LogP contribution < -0.4 is 10.2 Å². The Kier molecular flexibility index (Phi) is 10.2. The molecule has 2 aromatic carbocycles. The molecule has 4 aromatic rings. The number of thiophene rings is 1. The van der Waals surface area contributed by atoms with Crippen LogP contribution in [0.15, 0.2) is 41.4 Å². The topological polar surface area (TPSA) is 153 Å². The summed E-state index contributed by atoms with van der Waals surface area (Å²) >= 11 is 7.95. The van der Waals surface area contributed by atoms with Gasteiger partial charge >= 0.3 is 0 Å². The van der Waals surface area contributed by atoms with E-state index in [0.717, 1.165) is 63.6 Å². The van der Waals surface area contributed by atoms with Crippen LogP contribution in [-0.2, 0) is 14.4 Å². The Morgan fingerprint density at radius 3 is 2.31 bits per heavy atom. The van der Waals surface area contributed by atoms with Crippen LogP contribution >= 0.6 is 22.9 Å². The molecular weight excluding hydrogens is 797 g/mol. The molecule has 2 aromatic heterocycles. The van der Waals surface area contributed by atoms with Gasteiger partial charge in [-0.2, -0.15) is 0 Å². The number of amides is 5. The number of carbonyl (C=O) groups is 5. The van der Waals surface area contributed by atoms with E-state index in [-0.39, 0.29) is 42.0 Å². The van der Waals surface area contributed by atoms with Gasteiger partial charge in [0.05, 0.1) is 28.9 Å². The number of benzene rings is 2. The number of likely N-dealkylation sites (tertiary alicyclic amines) is 1. The summed E-state index contributed by atoms with van der Waals surface area (Å²) in [4.78, 5) is 78.1. The van der Waals surface area contributed by atoms with E-state index in [1.54, 1.807) is 11.3 Å². The quantitative estimate of drug-likeness (QED) is 0.259. The average molecular weight is 840 g/mol. The van der Waals surface area contributed by atoms with Crippen molar-refractivity contribution in [2.75, 3.05) is 50.7 Å². The lowest BCUT2D eigenvalue weighted by Gasteiger charge is -2.39. The predicted octanol–water partition coefficient (Wildman–Crippen LogP) is 4.79. The van der Waals surface area contributed by atoms with Crippen molar-refractivity contribution in [1.29, 1.82) is 0 Å². The van der Waals surface area contributed by atoms with Gasteiger partial charge in [0.25, 0.3) is 11.8 Å². The Morgan fingerprint density at radius 1 is 0.915 bits per heavy atom. The second-order valence-corrected chi connectivity index (χ2v) is 17.7. The van der Waals surface area contributed by atoms with Crippen LogP contribution in [-0.4, -0.2) is 117 Å². The van der Waals surface area contributed by atoms with Crippen molar-refractivity contribution in [3.8, 4) is 5.00 Å². The number of nitrogens with zero attached hydrogens (tertiary/aromatic N) is 8. The van der Waals surface area contributed by atoms with E-state index in [1.165, 1.54) is 10.9 Å². The second-order valence-electron chi connectivity index (χ2n) is 16.0. The van der Waals surface area contributed by atoms with Gasteiger partial charge in [-0.3, -0.25) is 48.6 Å². The molecule has 306 valence electrons. The van der Waals surface area contributed by atoms with E-state index in [0.29, 0.717) is 56.0 Å². The molecule has 59 heavy (non-hydrogen) atoms. The lowest BCUT2D eigenvalue weighted by molar-refractivity contribution is -0.136. The van der Waals surface area contributed by atoms with E-state index in [1.807, 2.05) is 41.0 Å². The number of aliphatic imine (C=N–C) groups is 1. The molecular formula is C42H43ClFN9O5S. The number of carbonyl (C=O) groups excluding carboxylic acids is 5. The summed E-state index contributed by atoms with van der Waals surface area (Å²) in [6, 6.07) is 8.53. The van der Waals surface area contributed by atoms with Gasteiger partial charge in [0, 0.05) is 73.3 Å². The monoisotopic (exact) mass is 839 g/mol. The Bertz CT molecular complexity index is 2450.